The SMILES string of the molecule is CC(NC(=O)N(C)C1CCN(C)CC1)c1ccc(-c2cncc(C=O)c2)c(Cl)c1Cl. The van der Waals surface area contributed by atoms with E-state index in [1.54, 1.807) is 17.2 Å². The molecule has 3 rings (SSSR count). The number of carbonyl (C=O) groups excluding carboxylic acids is 2. The van der Waals surface area contributed by atoms with Gasteiger partial charge in [0.25, 0.3) is 0 Å². The third-order valence-corrected chi connectivity index (χ3v) is 6.58. The highest BCUT2D eigenvalue weighted by molar-refractivity contribution is 6.44. The Kier molecular flexibility index (Phi) is 7.34. The quantitative estimate of drug-likeness (QED) is 0.675. The van der Waals surface area contributed by atoms with Crippen molar-refractivity contribution in [2.75, 3.05) is 27.2 Å². The minimum Gasteiger partial charge on any atom is -0.331 e. The third-order valence-electron chi connectivity index (χ3n) is 5.68. The van der Waals surface area contributed by atoms with Crippen molar-refractivity contribution < 1.29 is 9.59 Å². The zero-order valence-electron chi connectivity index (χ0n) is 17.4. The zero-order valence-corrected chi connectivity index (χ0v) is 18.9. The minimum atomic E-state index is -0.315. The van der Waals surface area contributed by atoms with Crippen molar-refractivity contribution in [1.29, 1.82) is 0 Å². The van der Waals surface area contributed by atoms with E-state index < -0.39 is 0 Å². The van der Waals surface area contributed by atoms with Gasteiger partial charge in [-0.15, -0.1) is 0 Å². The van der Waals surface area contributed by atoms with Crippen LogP contribution >= 0.6 is 23.2 Å². The number of benzene rings is 1. The Morgan fingerprint density at radius 1 is 1.27 bits per heavy atom. The monoisotopic (exact) mass is 448 g/mol. The van der Waals surface area contributed by atoms with Crippen LogP contribution in [0.4, 0.5) is 4.79 Å². The van der Waals surface area contributed by atoms with Crippen LogP contribution in [-0.4, -0.2) is 60.3 Å². The first-order chi connectivity index (χ1) is 14.3. The van der Waals surface area contributed by atoms with Gasteiger partial charge >= 0.3 is 6.03 Å². The van der Waals surface area contributed by atoms with E-state index in [2.05, 4.69) is 22.2 Å². The second-order valence-corrected chi connectivity index (χ2v) is 8.53. The lowest BCUT2D eigenvalue weighted by molar-refractivity contribution is 0.112. The standard InChI is InChI=1S/C22H26Cl2N4O2/c1-14(26-22(30)28(3)17-6-8-27(2)9-7-17)18-4-5-19(21(24)20(18)23)16-10-15(13-29)11-25-12-16/h4-5,10-14,17H,6-9H2,1-3H3,(H,26,30). The van der Waals surface area contributed by atoms with Crippen molar-refractivity contribution in [3.63, 3.8) is 0 Å². The van der Waals surface area contributed by atoms with Crippen LogP contribution in [0.15, 0.2) is 30.6 Å². The lowest BCUT2D eigenvalue weighted by Gasteiger charge is -2.35. The predicted octanol–water partition coefficient (Wildman–Crippen LogP) is 4.66. The number of carbonyl (C=O) groups is 2. The van der Waals surface area contributed by atoms with Crippen LogP contribution in [0.3, 0.4) is 0 Å². The fourth-order valence-corrected chi connectivity index (χ4v) is 4.31. The molecule has 1 unspecified atom stereocenters. The summed E-state index contributed by atoms with van der Waals surface area (Å²) in [5, 5.41) is 3.76. The van der Waals surface area contributed by atoms with E-state index in [9.17, 15) is 9.59 Å². The summed E-state index contributed by atoms with van der Waals surface area (Å²) in [5.41, 5.74) is 2.58. The van der Waals surface area contributed by atoms with Gasteiger partial charge in [0.2, 0.25) is 0 Å². The van der Waals surface area contributed by atoms with E-state index in [0.29, 0.717) is 26.7 Å². The number of amides is 2. The predicted molar refractivity (Wildman–Crippen MR) is 120 cm³/mol. The molecule has 160 valence electrons. The topological polar surface area (TPSA) is 65.5 Å². The molecule has 0 radical (unpaired) electrons. The first kappa shape index (κ1) is 22.5. The van der Waals surface area contributed by atoms with Crippen LogP contribution < -0.4 is 5.32 Å². The Morgan fingerprint density at radius 2 is 1.97 bits per heavy atom. The highest BCUT2D eigenvalue weighted by atomic mass is 35.5. The molecule has 1 saturated heterocycles. The minimum absolute atomic E-state index is 0.129. The van der Waals surface area contributed by atoms with E-state index in [1.807, 2.05) is 26.1 Å². The fraction of sp³-hybridized carbons (Fsp3) is 0.409. The molecule has 1 aromatic carbocycles. The van der Waals surface area contributed by atoms with Gasteiger partial charge in [-0.2, -0.15) is 0 Å². The van der Waals surface area contributed by atoms with Crippen molar-refractivity contribution in [1.82, 2.24) is 20.1 Å². The Balaban J connectivity index is 1.74. The van der Waals surface area contributed by atoms with Crippen molar-refractivity contribution in [2.45, 2.75) is 31.8 Å². The van der Waals surface area contributed by atoms with Crippen LogP contribution in [0.1, 0.15) is 41.7 Å². The van der Waals surface area contributed by atoms with Crippen LogP contribution in [0.2, 0.25) is 10.0 Å². The van der Waals surface area contributed by atoms with Gasteiger partial charge in [0, 0.05) is 42.2 Å². The van der Waals surface area contributed by atoms with E-state index in [1.165, 1.54) is 6.20 Å². The van der Waals surface area contributed by atoms with Gasteiger partial charge < -0.3 is 15.1 Å². The second kappa shape index (κ2) is 9.77. The molecule has 8 heteroatoms. The summed E-state index contributed by atoms with van der Waals surface area (Å²) in [6.45, 7) is 3.86. The maximum atomic E-state index is 12.7. The summed E-state index contributed by atoms with van der Waals surface area (Å²) in [6.07, 6.45) is 5.78. The summed E-state index contributed by atoms with van der Waals surface area (Å²) in [7, 11) is 3.93. The van der Waals surface area contributed by atoms with E-state index >= 15 is 0 Å². The molecule has 2 heterocycles. The first-order valence-corrected chi connectivity index (χ1v) is 10.7. The fourth-order valence-electron chi connectivity index (χ4n) is 3.70. The van der Waals surface area contributed by atoms with Crippen molar-refractivity contribution in [3.05, 3.63) is 51.8 Å². The molecule has 1 aliphatic rings. The number of hydrogen-bond acceptors (Lipinski definition) is 4. The number of hydrogen-bond donors (Lipinski definition) is 1. The van der Waals surface area contributed by atoms with Crippen molar-refractivity contribution in [3.8, 4) is 11.1 Å². The molecule has 0 bridgehead atoms. The van der Waals surface area contributed by atoms with Gasteiger partial charge in [0.1, 0.15) is 0 Å². The highest BCUT2D eigenvalue weighted by Crippen LogP contribution is 2.38. The molecule has 1 N–H and O–H groups in total. The van der Waals surface area contributed by atoms with Gasteiger partial charge in [0.15, 0.2) is 6.29 Å². The molecule has 0 spiro atoms. The van der Waals surface area contributed by atoms with E-state index in [0.717, 1.165) is 37.8 Å². The highest BCUT2D eigenvalue weighted by Gasteiger charge is 2.25. The second-order valence-electron chi connectivity index (χ2n) is 7.77. The first-order valence-electron chi connectivity index (χ1n) is 9.92. The number of likely N-dealkylation sites (tertiary alicyclic amines) is 1. The van der Waals surface area contributed by atoms with Gasteiger partial charge in [-0.25, -0.2) is 4.79 Å². The Labute approximate surface area is 187 Å². The van der Waals surface area contributed by atoms with E-state index in [4.69, 9.17) is 23.2 Å². The van der Waals surface area contributed by atoms with Crippen molar-refractivity contribution >= 4 is 35.5 Å². The van der Waals surface area contributed by atoms with Gasteiger partial charge in [-0.05, 0) is 51.5 Å². The molecule has 1 aliphatic heterocycles. The van der Waals surface area contributed by atoms with Crippen LogP contribution in [0.25, 0.3) is 11.1 Å². The molecule has 2 aromatic rings. The molecule has 1 atom stereocenters. The number of halogens is 2. The molecule has 1 aromatic heterocycles. The third kappa shape index (κ3) is 4.94. The van der Waals surface area contributed by atoms with Gasteiger partial charge in [-0.1, -0.05) is 35.3 Å². The Bertz CT molecular complexity index is 929. The average molecular weight is 449 g/mol. The van der Waals surface area contributed by atoms with Crippen LogP contribution in [-0.2, 0) is 0 Å². The molecular weight excluding hydrogens is 423 g/mol. The number of nitrogens with zero attached hydrogens (tertiary/aromatic N) is 3. The molecule has 0 aliphatic carbocycles. The lowest BCUT2D eigenvalue weighted by Crippen LogP contribution is -2.48. The molecule has 0 saturated carbocycles. The van der Waals surface area contributed by atoms with Crippen LogP contribution in [0.5, 0.6) is 0 Å². The largest absolute Gasteiger partial charge is 0.331 e. The maximum Gasteiger partial charge on any atom is 0.317 e. The number of aromatic nitrogens is 1. The Hall–Kier alpha value is -2.15. The number of nitrogens with one attached hydrogen (secondary N) is 1. The lowest BCUT2D eigenvalue weighted by atomic mass is 10.0. The molecule has 2 amide bonds. The number of rotatable bonds is 5. The molecule has 6 nitrogen and oxygen atoms in total. The average Bonchev–Trinajstić information content (AvgIpc) is 2.75. The van der Waals surface area contributed by atoms with Gasteiger partial charge in [0.05, 0.1) is 16.1 Å². The molecule has 30 heavy (non-hydrogen) atoms. The van der Waals surface area contributed by atoms with Crippen molar-refractivity contribution in [2.24, 2.45) is 0 Å². The summed E-state index contributed by atoms with van der Waals surface area (Å²) in [5.74, 6) is 0. The number of urea groups is 1. The smallest absolute Gasteiger partial charge is 0.317 e. The maximum absolute atomic E-state index is 12.7. The summed E-state index contributed by atoms with van der Waals surface area (Å²) >= 11 is 13.1. The molecular formula is C22H26Cl2N4O2. The number of pyridine rings is 1. The normalized spacial score (nSPS) is 16.2. The summed E-state index contributed by atoms with van der Waals surface area (Å²) in [4.78, 5) is 31.9. The number of piperidine rings is 1. The zero-order chi connectivity index (χ0) is 21.8. The van der Waals surface area contributed by atoms with E-state index in [-0.39, 0.29) is 18.1 Å². The summed E-state index contributed by atoms with van der Waals surface area (Å²) in [6, 6.07) is 5.17. The van der Waals surface area contributed by atoms with Crippen LogP contribution in [0, 0.1) is 0 Å². The molecule has 1 fully saturated rings. The van der Waals surface area contributed by atoms with Gasteiger partial charge in [-0.3, -0.25) is 9.78 Å². The Morgan fingerprint density at radius 3 is 2.63 bits per heavy atom. The summed E-state index contributed by atoms with van der Waals surface area (Å²) < 4.78 is 0. The number of aldehydes is 1.